The Bertz CT molecular complexity index is 889. The van der Waals surface area contributed by atoms with Crippen LogP contribution in [0.2, 0.25) is 0 Å². The highest BCUT2D eigenvalue weighted by Gasteiger charge is 2.16. The molecule has 1 N–H and O–H groups in total. The van der Waals surface area contributed by atoms with E-state index in [9.17, 15) is 9.59 Å². The Balaban J connectivity index is 1.86. The van der Waals surface area contributed by atoms with E-state index in [-0.39, 0.29) is 17.9 Å². The van der Waals surface area contributed by atoms with Crippen LogP contribution in [-0.2, 0) is 10.5 Å². The summed E-state index contributed by atoms with van der Waals surface area (Å²) in [7, 11) is 0. The Hall–Kier alpha value is -2.61. The molecule has 0 fully saturated rings. The maximum atomic E-state index is 12.3. The number of ether oxygens (including phenoxy) is 1. The van der Waals surface area contributed by atoms with Crippen LogP contribution in [0.15, 0.2) is 46.5 Å². The van der Waals surface area contributed by atoms with E-state index in [4.69, 9.17) is 4.74 Å². The zero-order valence-electron chi connectivity index (χ0n) is 12.4. The molecule has 0 saturated carbocycles. The number of fused-ring (bicyclic) bond motifs is 1. The highest BCUT2D eigenvalue weighted by molar-refractivity contribution is 7.98. The number of nitrogens with one attached hydrogen (secondary N) is 1. The number of aromatic nitrogens is 4. The third-order valence-electron chi connectivity index (χ3n) is 3.07. The van der Waals surface area contributed by atoms with Crippen molar-refractivity contribution in [2.75, 3.05) is 6.61 Å². The Morgan fingerprint density at radius 2 is 2.13 bits per heavy atom. The van der Waals surface area contributed by atoms with Gasteiger partial charge in [0.1, 0.15) is 5.56 Å². The van der Waals surface area contributed by atoms with Crippen molar-refractivity contribution in [3.05, 3.63) is 58.0 Å². The third-order valence-corrected chi connectivity index (χ3v) is 4.00. The lowest BCUT2D eigenvalue weighted by atomic mass is 10.2. The van der Waals surface area contributed by atoms with Crippen LogP contribution in [0, 0.1) is 0 Å². The summed E-state index contributed by atoms with van der Waals surface area (Å²) in [5.74, 6) is 0.242. The van der Waals surface area contributed by atoms with Gasteiger partial charge in [-0.2, -0.15) is 9.50 Å². The lowest BCUT2D eigenvalue weighted by Gasteiger charge is -2.00. The lowest BCUT2D eigenvalue weighted by molar-refractivity contribution is 0.0523. The number of rotatable bonds is 5. The number of H-pyrrole nitrogens is 1. The molecule has 2 heterocycles. The van der Waals surface area contributed by atoms with Gasteiger partial charge in [0.2, 0.25) is 0 Å². The molecular weight excluding hydrogens is 316 g/mol. The second-order valence-electron chi connectivity index (χ2n) is 4.64. The van der Waals surface area contributed by atoms with Gasteiger partial charge in [0.25, 0.3) is 11.3 Å². The van der Waals surface area contributed by atoms with E-state index in [2.05, 4.69) is 15.1 Å². The molecule has 2 aromatic heterocycles. The smallest absolute Gasteiger partial charge is 0.345 e. The predicted octanol–water partition coefficient (Wildman–Crippen LogP) is 1.89. The number of thioether (sulfide) groups is 1. The van der Waals surface area contributed by atoms with E-state index < -0.39 is 11.5 Å². The van der Waals surface area contributed by atoms with Crippen LogP contribution in [0.5, 0.6) is 0 Å². The van der Waals surface area contributed by atoms with Crippen molar-refractivity contribution in [3.8, 4) is 0 Å². The summed E-state index contributed by atoms with van der Waals surface area (Å²) in [5, 5.41) is 3.41. The summed E-state index contributed by atoms with van der Waals surface area (Å²) in [5.41, 5.74) is 0.505. The van der Waals surface area contributed by atoms with Gasteiger partial charge >= 0.3 is 5.97 Å². The predicted molar refractivity (Wildman–Crippen MR) is 85.6 cm³/mol. The van der Waals surface area contributed by atoms with E-state index in [1.54, 1.807) is 6.92 Å². The number of carbonyl (C=O) groups is 1. The fourth-order valence-electron chi connectivity index (χ4n) is 1.98. The number of benzene rings is 1. The Kier molecular flexibility index (Phi) is 4.42. The van der Waals surface area contributed by atoms with Crippen LogP contribution in [0.1, 0.15) is 22.8 Å². The molecular formula is C15H14N4O3S. The van der Waals surface area contributed by atoms with Crippen molar-refractivity contribution in [3.63, 3.8) is 0 Å². The van der Waals surface area contributed by atoms with E-state index in [1.807, 2.05) is 30.3 Å². The zero-order valence-corrected chi connectivity index (χ0v) is 13.2. The standard InChI is InChI=1S/C15H14N4O3S/c1-2-22-13(21)11-8-16-14-17-15(18-19(14)12(11)20)23-9-10-6-4-3-5-7-10/h3-8H,2,9H2,1H3,(H,16,17,18). The minimum Gasteiger partial charge on any atom is -0.462 e. The number of nitrogens with zero attached hydrogens (tertiary/aromatic N) is 3. The molecule has 0 saturated heterocycles. The van der Waals surface area contributed by atoms with Crippen LogP contribution in [0.3, 0.4) is 0 Å². The van der Waals surface area contributed by atoms with Crippen LogP contribution < -0.4 is 5.56 Å². The van der Waals surface area contributed by atoms with Crippen LogP contribution >= 0.6 is 11.8 Å². The Morgan fingerprint density at radius 3 is 2.87 bits per heavy atom. The highest BCUT2D eigenvalue weighted by atomic mass is 32.2. The molecule has 0 aliphatic rings. The number of carbonyl (C=O) groups excluding carboxylic acids is 1. The van der Waals surface area contributed by atoms with E-state index in [0.29, 0.717) is 10.9 Å². The third kappa shape index (κ3) is 3.26. The molecule has 1 aromatic carbocycles. The second kappa shape index (κ2) is 6.66. The largest absolute Gasteiger partial charge is 0.462 e. The van der Waals surface area contributed by atoms with Crippen molar-refractivity contribution in [2.24, 2.45) is 0 Å². The summed E-state index contributed by atoms with van der Waals surface area (Å²) in [6, 6.07) is 9.91. The molecule has 3 rings (SSSR count). The monoisotopic (exact) mass is 330 g/mol. The normalized spacial score (nSPS) is 10.8. The van der Waals surface area contributed by atoms with Gasteiger partial charge in [-0.3, -0.25) is 9.89 Å². The van der Waals surface area contributed by atoms with Crippen LogP contribution in [-0.4, -0.2) is 32.2 Å². The van der Waals surface area contributed by atoms with Gasteiger partial charge in [-0.15, -0.1) is 0 Å². The first-order valence-electron chi connectivity index (χ1n) is 7.00. The quantitative estimate of drug-likeness (QED) is 0.567. The SMILES string of the molecule is CCOC(=O)c1cnc2nc(SCc3ccccc3)[nH]n2c1=O. The van der Waals surface area contributed by atoms with Gasteiger partial charge in [0.05, 0.1) is 12.8 Å². The Morgan fingerprint density at radius 1 is 1.35 bits per heavy atom. The molecule has 0 atom stereocenters. The summed E-state index contributed by atoms with van der Waals surface area (Å²) < 4.78 is 5.99. The van der Waals surface area contributed by atoms with Crippen molar-refractivity contribution in [1.82, 2.24) is 19.6 Å². The first-order chi connectivity index (χ1) is 11.2. The maximum absolute atomic E-state index is 12.3. The molecule has 0 radical (unpaired) electrons. The van der Waals surface area contributed by atoms with E-state index in [0.717, 1.165) is 10.1 Å². The minimum absolute atomic E-state index is 0.118. The zero-order chi connectivity index (χ0) is 16.2. The molecule has 0 unspecified atom stereocenters. The van der Waals surface area contributed by atoms with Gasteiger partial charge in [0.15, 0.2) is 5.16 Å². The van der Waals surface area contributed by atoms with Crippen molar-refractivity contribution in [2.45, 2.75) is 17.8 Å². The van der Waals surface area contributed by atoms with Gasteiger partial charge in [-0.05, 0) is 12.5 Å². The molecule has 0 aliphatic carbocycles. The lowest BCUT2D eigenvalue weighted by Crippen LogP contribution is -2.24. The van der Waals surface area contributed by atoms with E-state index >= 15 is 0 Å². The number of aromatic amines is 1. The fraction of sp³-hybridized carbons (Fsp3) is 0.200. The molecule has 118 valence electrons. The molecule has 0 spiro atoms. The van der Waals surface area contributed by atoms with Crippen LogP contribution in [0.4, 0.5) is 0 Å². The van der Waals surface area contributed by atoms with Crippen LogP contribution in [0.25, 0.3) is 5.78 Å². The number of hydrogen-bond acceptors (Lipinski definition) is 6. The van der Waals surface area contributed by atoms with Crippen molar-refractivity contribution in [1.29, 1.82) is 0 Å². The van der Waals surface area contributed by atoms with Gasteiger partial charge < -0.3 is 4.74 Å². The average Bonchev–Trinajstić information content (AvgIpc) is 2.98. The fourth-order valence-corrected chi connectivity index (χ4v) is 2.77. The maximum Gasteiger partial charge on any atom is 0.345 e. The summed E-state index contributed by atoms with van der Waals surface area (Å²) in [6.45, 7) is 1.87. The molecule has 23 heavy (non-hydrogen) atoms. The summed E-state index contributed by atoms with van der Waals surface area (Å²) in [6.07, 6.45) is 1.20. The first-order valence-corrected chi connectivity index (χ1v) is 7.99. The molecule has 3 aromatic rings. The molecule has 7 nitrogen and oxygen atoms in total. The summed E-state index contributed by atoms with van der Waals surface area (Å²) in [4.78, 5) is 32.3. The minimum atomic E-state index is -0.688. The first kappa shape index (κ1) is 15.3. The van der Waals surface area contributed by atoms with Crippen molar-refractivity contribution < 1.29 is 9.53 Å². The van der Waals surface area contributed by atoms with Gasteiger partial charge in [-0.1, -0.05) is 42.1 Å². The number of esters is 1. The molecule has 0 aliphatic heterocycles. The van der Waals surface area contributed by atoms with Crippen molar-refractivity contribution >= 4 is 23.5 Å². The molecule has 8 heteroatoms. The topological polar surface area (TPSA) is 89.3 Å². The molecule has 0 amide bonds. The average molecular weight is 330 g/mol. The summed E-state index contributed by atoms with van der Waals surface area (Å²) >= 11 is 1.45. The van der Waals surface area contributed by atoms with Gasteiger partial charge in [-0.25, -0.2) is 9.78 Å². The Labute approximate surface area is 135 Å². The number of hydrogen-bond donors (Lipinski definition) is 1. The highest BCUT2D eigenvalue weighted by Crippen LogP contribution is 2.19. The van der Waals surface area contributed by atoms with E-state index in [1.165, 1.54) is 18.0 Å². The molecule has 0 bridgehead atoms. The van der Waals surface area contributed by atoms with Gasteiger partial charge in [0, 0.05) is 5.75 Å². The second-order valence-corrected chi connectivity index (χ2v) is 5.60.